The summed E-state index contributed by atoms with van der Waals surface area (Å²) in [5, 5.41) is 11.5. The fourth-order valence-electron chi connectivity index (χ4n) is 2.94. The lowest BCUT2D eigenvalue weighted by atomic mass is 10.0. The number of aliphatic hydroxyl groups is 1. The summed E-state index contributed by atoms with van der Waals surface area (Å²) in [6, 6.07) is 18.1. The zero-order valence-corrected chi connectivity index (χ0v) is 14.2. The summed E-state index contributed by atoms with van der Waals surface area (Å²) in [4.78, 5) is 3.36. The van der Waals surface area contributed by atoms with E-state index >= 15 is 0 Å². The average Bonchev–Trinajstić information content (AvgIpc) is 3.03. The Morgan fingerprint density at radius 2 is 1.92 bits per heavy atom. The molecule has 0 spiro atoms. The number of fused-ring (bicyclic) bond motifs is 1. The molecule has 0 saturated carbocycles. The van der Waals surface area contributed by atoms with Crippen molar-refractivity contribution in [2.75, 3.05) is 0 Å². The number of H-pyrrole nitrogens is 1. The second-order valence-electron chi connectivity index (χ2n) is 6.25. The molecule has 1 heterocycles. The molecule has 0 radical (unpaired) electrons. The van der Waals surface area contributed by atoms with E-state index in [1.54, 1.807) is 0 Å². The van der Waals surface area contributed by atoms with Crippen LogP contribution in [0.3, 0.4) is 0 Å². The van der Waals surface area contributed by atoms with E-state index in [9.17, 15) is 5.11 Å². The summed E-state index contributed by atoms with van der Waals surface area (Å²) in [6.07, 6.45) is 3.78. The van der Waals surface area contributed by atoms with Crippen LogP contribution in [-0.4, -0.2) is 10.1 Å². The molecule has 3 aromatic rings. The van der Waals surface area contributed by atoms with Crippen molar-refractivity contribution >= 4 is 10.9 Å². The van der Waals surface area contributed by atoms with Gasteiger partial charge in [0.25, 0.3) is 0 Å². The molecule has 24 heavy (non-hydrogen) atoms. The topological polar surface area (TPSA) is 45.2 Å². The van der Waals surface area contributed by atoms with Gasteiger partial charge in [0.15, 0.2) is 0 Å². The SMILES string of the molecule is CCCCCC(O)c1cccc(OCc2cc3ccccc3[nH]2)c1. The molecule has 0 fully saturated rings. The zero-order chi connectivity index (χ0) is 16.8. The van der Waals surface area contributed by atoms with E-state index in [2.05, 4.69) is 30.1 Å². The minimum absolute atomic E-state index is 0.409. The van der Waals surface area contributed by atoms with Crippen LogP contribution in [0.1, 0.15) is 50.0 Å². The Hall–Kier alpha value is -2.26. The highest BCUT2D eigenvalue weighted by atomic mass is 16.5. The smallest absolute Gasteiger partial charge is 0.128 e. The first-order valence-corrected chi connectivity index (χ1v) is 8.73. The number of unbranched alkanes of at least 4 members (excludes halogenated alkanes) is 2. The molecule has 0 bridgehead atoms. The number of hydrogen-bond donors (Lipinski definition) is 2. The highest BCUT2D eigenvalue weighted by Crippen LogP contribution is 2.24. The summed E-state index contributed by atoms with van der Waals surface area (Å²) in [6.45, 7) is 2.66. The van der Waals surface area contributed by atoms with Crippen LogP contribution in [0.5, 0.6) is 5.75 Å². The van der Waals surface area contributed by atoms with Crippen molar-refractivity contribution in [3.8, 4) is 5.75 Å². The van der Waals surface area contributed by atoms with Crippen LogP contribution in [0.2, 0.25) is 0 Å². The van der Waals surface area contributed by atoms with Crippen molar-refractivity contribution in [1.82, 2.24) is 4.98 Å². The lowest BCUT2D eigenvalue weighted by molar-refractivity contribution is 0.163. The molecule has 3 rings (SSSR count). The Morgan fingerprint density at radius 1 is 1.04 bits per heavy atom. The molecule has 0 saturated heterocycles. The second-order valence-corrected chi connectivity index (χ2v) is 6.25. The Morgan fingerprint density at radius 3 is 2.75 bits per heavy atom. The van der Waals surface area contributed by atoms with E-state index in [-0.39, 0.29) is 0 Å². The van der Waals surface area contributed by atoms with Crippen LogP contribution < -0.4 is 4.74 Å². The summed E-state index contributed by atoms with van der Waals surface area (Å²) in [5.41, 5.74) is 3.10. The lowest BCUT2D eigenvalue weighted by Gasteiger charge is -2.12. The van der Waals surface area contributed by atoms with Gasteiger partial charge in [0.2, 0.25) is 0 Å². The third-order valence-corrected chi connectivity index (χ3v) is 4.30. The van der Waals surface area contributed by atoms with Crippen LogP contribution in [0, 0.1) is 0 Å². The van der Waals surface area contributed by atoms with Crippen molar-refractivity contribution in [3.63, 3.8) is 0 Å². The first kappa shape index (κ1) is 16.6. The monoisotopic (exact) mass is 323 g/mol. The lowest BCUT2D eigenvalue weighted by Crippen LogP contribution is -2.00. The third kappa shape index (κ3) is 4.18. The molecule has 0 amide bonds. The van der Waals surface area contributed by atoms with Crippen molar-refractivity contribution < 1.29 is 9.84 Å². The van der Waals surface area contributed by atoms with Gasteiger partial charge in [0.1, 0.15) is 12.4 Å². The summed E-state index contributed by atoms with van der Waals surface area (Å²) in [7, 11) is 0. The first-order chi connectivity index (χ1) is 11.8. The van der Waals surface area contributed by atoms with Crippen LogP contribution in [0.4, 0.5) is 0 Å². The van der Waals surface area contributed by atoms with Crippen molar-refractivity contribution in [2.24, 2.45) is 0 Å². The Kier molecular flexibility index (Phi) is 5.55. The largest absolute Gasteiger partial charge is 0.487 e. The number of aromatic amines is 1. The molecular weight excluding hydrogens is 298 g/mol. The number of ether oxygens (including phenoxy) is 1. The summed E-state index contributed by atoms with van der Waals surface area (Å²) < 4.78 is 5.90. The molecule has 3 heteroatoms. The predicted octanol–water partition coefficient (Wildman–Crippen LogP) is 5.36. The average molecular weight is 323 g/mol. The molecule has 126 valence electrons. The van der Waals surface area contributed by atoms with E-state index in [4.69, 9.17) is 4.74 Å². The van der Waals surface area contributed by atoms with Crippen molar-refractivity contribution in [3.05, 3.63) is 65.9 Å². The van der Waals surface area contributed by atoms with E-state index in [0.29, 0.717) is 6.61 Å². The quantitative estimate of drug-likeness (QED) is 0.548. The molecule has 2 aromatic carbocycles. The molecule has 1 atom stereocenters. The maximum absolute atomic E-state index is 10.3. The van der Waals surface area contributed by atoms with Gasteiger partial charge in [-0.15, -0.1) is 0 Å². The number of benzene rings is 2. The second kappa shape index (κ2) is 8.02. The fraction of sp³-hybridized carbons (Fsp3) is 0.333. The Bertz CT molecular complexity index is 745. The fourth-order valence-corrected chi connectivity index (χ4v) is 2.94. The maximum Gasteiger partial charge on any atom is 0.128 e. The minimum atomic E-state index is -0.409. The van der Waals surface area contributed by atoms with Crippen LogP contribution in [0.15, 0.2) is 54.6 Å². The van der Waals surface area contributed by atoms with Crippen LogP contribution in [-0.2, 0) is 6.61 Å². The van der Waals surface area contributed by atoms with Gasteiger partial charge in [-0.2, -0.15) is 0 Å². The number of para-hydroxylation sites is 1. The summed E-state index contributed by atoms with van der Waals surface area (Å²) >= 11 is 0. The van der Waals surface area contributed by atoms with Gasteiger partial charge in [0, 0.05) is 5.52 Å². The number of nitrogens with one attached hydrogen (secondary N) is 1. The summed E-state index contributed by atoms with van der Waals surface area (Å²) in [5.74, 6) is 0.792. The predicted molar refractivity (Wildman–Crippen MR) is 98.2 cm³/mol. The molecule has 0 aliphatic rings. The number of rotatable bonds is 8. The highest BCUT2D eigenvalue weighted by Gasteiger charge is 2.08. The van der Waals surface area contributed by atoms with Gasteiger partial charge in [-0.3, -0.25) is 0 Å². The van der Waals surface area contributed by atoms with Gasteiger partial charge >= 0.3 is 0 Å². The van der Waals surface area contributed by atoms with Crippen LogP contribution >= 0.6 is 0 Å². The van der Waals surface area contributed by atoms with E-state index in [1.165, 1.54) is 11.8 Å². The van der Waals surface area contributed by atoms with Gasteiger partial charge in [-0.1, -0.05) is 56.5 Å². The maximum atomic E-state index is 10.3. The molecule has 2 N–H and O–H groups in total. The molecule has 1 unspecified atom stereocenters. The highest BCUT2D eigenvalue weighted by molar-refractivity contribution is 5.80. The molecule has 1 aromatic heterocycles. The van der Waals surface area contributed by atoms with Crippen LogP contribution in [0.25, 0.3) is 10.9 Å². The first-order valence-electron chi connectivity index (χ1n) is 8.73. The molecule has 3 nitrogen and oxygen atoms in total. The third-order valence-electron chi connectivity index (χ3n) is 4.30. The van der Waals surface area contributed by atoms with E-state index in [1.807, 2.05) is 36.4 Å². The Labute approximate surface area is 143 Å². The van der Waals surface area contributed by atoms with Crippen molar-refractivity contribution in [1.29, 1.82) is 0 Å². The molecule has 0 aliphatic heterocycles. The van der Waals surface area contributed by atoms with Gasteiger partial charge in [-0.05, 0) is 41.6 Å². The molecule has 0 aliphatic carbocycles. The minimum Gasteiger partial charge on any atom is -0.487 e. The Balaban J connectivity index is 1.61. The van der Waals surface area contributed by atoms with Gasteiger partial charge < -0.3 is 14.8 Å². The zero-order valence-electron chi connectivity index (χ0n) is 14.2. The number of hydrogen-bond acceptors (Lipinski definition) is 2. The van der Waals surface area contributed by atoms with Gasteiger partial charge in [0.05, 0.1) is 11.8 Å². The number of aliphatic hydroxyl groups excluding tert-OH is 1. The van der Waals surface area contributed by atoms with Gasteiger partial charge in [-0.25, -0.2) is 0 Å². The standard InChI is InChI=1S/C21H25NO2/c1-2-3-4-12-21(23)17-9-7-10-19(14-17)24-15-18-13-16-8-5-6-11-20(16)22-18/h5-11,13-14,21-23H,2-4,12,15H2,1H3. The number of aromatic nitrogens is 1. The van der Waals surface area contributed by atoms with E-state index in [0.717, 1.165) is 41.8 Å². The normalized spacial score (nSPS) is 12.4. The van der Waals surface area contributed by atoms with E-state index < -0.39 is 6.10 Å². The van der Waals surface area contributed by atoms with Crippen molar-refractivity contribution in [2.45, 2.75) is 45.3 Å². The molecular formula is C21H25NO2.